The van der Waals surface area contributed by atoms with E-state index >= 15 is 0 Å². The summed E-state index contributed by atoms with van der Waals surface area (Å²) in [7, 11) is -2.12. The van der Waals surface area contributed by atoms with E-state index in [0.29, 0.717) is 16.8 Å². The van der Waals surface area contributed by atoms with Crippen molar-refractivity contribution < 1.29 is 17.5 Å². The first-order chi connectivity index (χ1) is 14.1. The van der Waals surface area contributed by atoms with Gasteiger partial charge < -0.3 is 9.30 Å². The van der Waals surface area contributed by atoms with Gasteiger partial charge in [0.25, 0.3) is 0 Å². The van der Waals surface area contributed by atoms with Gasteiger partial charge in [-0.3, -0.25) is 9.52 Å². The molecule has 0 aliphatic carbocycles. The zero-order valence-electron chi connectivity index (χ0n) is 16.9. The number of ether oxygens (including phenoxy) is 1. The summed E-state index contributed by atoms with van der Waals surface area (Å²) in [4.78, 5) is 20.0. The molecule has 0 fully saturated rings. The van der Waals surface area contributed by atoms with Crippen molar-refractivity contribution in [3.8, 4) is 23.0 Å². The van der Waals surface area contributed by atoms with Crippen molar-refractivity contribution in [1.29, 1.82) is 0 Å². The predicted octanol–water partition coefficient (Wildman–Crippen LogP) is 3.23. The summed E-state index contributed by atoms with van der Waals surface area (Å²) in [6.45, 7) is 4.71. The first-order valence-electron chi connectivity index (χ1n) is 9.07. The number of rotatable bonds is 6. The van der Waals surface area contributed by atoms with Gasteiger partial charge in [0, 0.05) is 30.9 Å². The van der Waals surface area contributed by atoms with Gasteiger partial charge in [-0.15, -0.1) is 0 Å². The SMILES string of the molecule is Cc1cccc(F)c1Oc1nc(NS(=O)(=O)C(C)C)cc(-c2ccc(=O)n(C)c2)n1. The second kappa shape index (κ2) is 8.23. The number of sulfonamides is 1. The van der Waals surface area contributed by atoms with E-state index < -0.39 is 21.1 Å². The average molecular weight is 432 g/mol. The minimum absolute atomic E-state index is 0.0356. The molecule has 3 rings (SSSR count). The highest BCUT2D eigenvalue weighted by molar-refractivity contribution is 7.93. The Bertz CT molecular complexity index is 1240. The third-order valence-corrected chi connectivity index (χ3v) is 6.05. The Balaban J connectivity index is 2.12. The highest BCUT2D eigenvalue weighted by Crippen LogP contribution is 2.29. The van der Waals surface area contributed by atoms with Crippen LogP contribution in [0.3, 0.4) is 0 Å². The summed E-state index contributed by atoms with van der Waals surface area (Å²) in [6.07, 6.45) is 1.55. The highest BCUT2D eigenvalue weighted by Gasteiger charge is 2.19. The molecule has 0 saturated carbocycles. The topological polar surface area (TPSA) is 103 Å². The zero-order valence-corrected chi connectivity index (χ0v) is 17.7. The first kappa shape index (κ1) is 21.4. The average Bonchev–Trinajstić information content (AvgIpc) is 2.66. The lowest BCUT2D eigenvalue weighted by Crippen LogP contribution is -2.23. The van der Waals surface area contributed by atoms with Crippen LogP contribution in [-0.4, -0.2) is 28.2 Å². The van der Waals surface area contributed by atoms with Gasteiger partial charge in [-0.25, -0.2) is 12.8 Å². The second-order valence-electron chi connectivity index (χ2n) is 6.97. The Hall–Kier alpha value is -3.27. The van der Waals surface area contributed by atoms with Crippen molar-refractivity contribution in [3.63, 3.8) is 0 Å². The molecule has 0 amide bonds. The molecule has 0 spiro atoms. The van der Waals surface area contributed by atoms with Crippen molar-refractivity contribution in [3.05, 3.63) is 64.3 Å². The molecule has 0 saturated heterocycles. The van der Waals surface area contributed by atoms with Crippen molar-refractivity contribution >= 4 is 15.8 Å². The molecule has 8 nitrogen and oxygen atoms in total. The molecule has 0 radical (unpaired) electrons. The largest absolute Gasteiger partial charge is 0.421 e. The van der Waals surface area contributed by atoms with Crippen molar-refractivity contribution in [2.75, 3.05) is 4.72 Å². The van der Waals surface area contributed by atoms with Crippen LogP contribution in [0.1, 0.15) is 19.4 Å². The van der Waals surface area contributed by atoms with E-state index in [4.69, 9.17) is 4.74 Å². The number of hydrogen-bond donors (Lipinski definition) is 1. The smallest absolute Gasteiger partial charge is 0.324 e. The molecule has 1 N–H and O–H groups in total. The van der Waals surface area contributed by atoms with Crippen LogP contribution in [0.15, 0.2) is 47.4 Å². The maximum atomic E-state index is 14.2. The lowest BCUT2D eigenvalue weighted by atomic mass is 10.2. The Morgan fingerprint density at radius 2 is 1.90 bits per heavy atom. The molecule has 0 bridgehead atoms. The normalized spacial score (nSPS) is 11.5. The molecular weight excluding hydrogens is 411 g/mol. The molecule has 0 atom stereocenters. The molecule has 0 unspecified atom stereocenters. The van der Waals surface area contributed by atoms with Crippen molar-refractivity contribution in [2.24, 2.45) is 7.05 Å². The third kappa shape index (κ3) is 4.65. The number of pyridine rings is 1. The van der Waals surface area contributed by atoms with E-state index in [0.717, 1.165) is 0 Å². The highest BCUT2D eigenvalue weighted by atomic mass is 32.2. The third-order valence-electron chi connectivity index (χ3n) is 4.31. The van der Waals surface area contributed by atoms with E-state index in [9.17, 15) is 17.6 Å². The van der Waals surface area contributed by atoms with Crippen LogP contribution >= 0.6 is 0 Å². The predicted molar refractivity (Wildman–Crippen MR) is 112 cm³/mol. The van der Waals surface area contributed by atoms with Gasteiger partial charge in [0.05, 0.1) is 10.9 Å². The molecule has 0 aliphatic rings. The molecule has 30 heavy (non-hydrogen) atoms. The van der Waals surface area contributed by atoms with Gasteiger partial charge in [0.1, 0.15) is 5.82 Å². The van der Waals surface area contributed by atoms with Gasteiger partial charge in [0.2, 0.25) is 15.6 Å². The summed E-state index contributed by atoms with van der Waals surface area (Å²) in [5.74, 6) is -0.699. The number of nitrogens with zero attached hydrogens (tertiary/aromatic N) is 3. The number of aryl methyl sites for hydroxylation is 2. The van der Waals surface area contributed by atoms with Gasteiger partial charge in [-0.05, 0) is 38.5 Å². The quantitative estimate of drug-likeness (QED) is 0.641. The van der Waals surface area contributed by atoms with E-state index in [-0.39, 0.29) is 23.1 Å². The minimum atomic E-state index is -3.70. The summed E-state index contributed by atoms with van der Waals surface area (Å²) < 4.78 is 48.1. The van der Waals surface area contributed by atoms with E-state index in [1.54, 1.807) is 38.4 Å². The van der Waals surface area contributed by atoms with E-state index in [2.05, 4.69) is 14.7 Å². The summed E-state index contributed by atoms with van der Waals surface area (Å²) in [6, 6.07) is 8.53. The Morgan fingerprint density at radius 1 is 1.17 bits per heavy atom. The zero-order chi connectivity index (χ0) is 22.1. The van der Waals surface area contributed by atoms with Crippen LogP contribution in [0.25, 0.3) is 11.3 Å². The van der Waals surface area contributed by atoms with Gasteiger partial charge in [-0.2, -0.15) is 9.97 Å². The van der Waals surface area contributed by atoms with Gasteiger partial charge in [-0.1, -0.05) is 12.1 Å². The van der Waals surface area contributed by atoms with E-state index in [1.165, 1.54) is 36.6 Å². The van der Waals surface area contributed by atoms with Gasteiger partial charge in [0.15, 0.2) is 11.6 Å². The number of benzene rings is 1. The molecule has 158 valence electrons. The summed E-state index contributed by atoms with van der Waals surface area (Å²) in [5, 5.41) is -0.702. The van der Waals surface area contributed by atoms with Crippen LogP contribution in [0.5, 0.6) is 11.8 Å². The molecule has 3 aromatic rings. The number of anilines is 1. The molecule has 2 heterocycles. The molecule has 10 heteroatoms. The Labute approximate surface area is 173 Å². The number of nitrogens with one attached hydrogen (secondary N) is 1. The molecule has 1 aromatic carbocycles. The fourth-order valence-electron chi connectivity index (χ4n) is 2.52. The maximum Gasteiger partial charge on any atom is 0.324 e. The summed E-state index contributed by atoms with van der Waals surface area (Å²) in [5.41, 5.74) is 1.13. The minimum Gasteiger partial charge on any atom is -0.421 e. The van der Waals surface area contributed by atoms with E-state index in [1.807, 2.05) is 0 Å². The molecule has 2 aromatic heterocycles. The fraction of sp³-hybridized carbons (Fsp3) is 0.250. The fourth-order valence-corrected chi connectivity index (χ4v) is 3.15. The van der Waals surface area contributed by atoms with Gasteiger partial charge >= 0.3 is 6.01 Å². The first-order valence-corrected chi connectivity index (χ1v) is 10.6. The van der Waals surface area contributed by atoms with Crippen LogP contribution in [0.4, 0.5) is 10.2 Å². The lowest BCUT2D eigenvalue weighted by molar-refractivity contribution is 0.409. The number of aromatic nitrogens is 3. The van der Waals surface area contributed by atoms with Crippen molar-refractivity contribution in [2.45, 2.75) is 26.0 Å². The number of hydrogen-bond acceptors (Lipinski definition) is 6. The second-order valence-corrected chi connectivity index (χ2v) is 9.21. The van der Waals surface area contributed by atoms with Crippen molar-refractivity contribution in [1.82, 2.24) is 14.5 Å². The monoisotopic (exact) mass is 432 g/mol. The van der Waals surface area contributed by atoms with Crippen LogP contribution in [-0.2, 0) is 17.1 Å². The molecule has 0 aliphatic heterocycles. The molecular formula is C20H21FN4O4S. The Morgan fingerprint density at radius 3 is 2.53 bits per heavy atom. The summed E-state index contributed by atoms with van der Waals surface area (Å²) >= 11 is 0. The van der Waals surface area contributed by atoms with Crippen LogP contribution < -0.4 is 15.0 Å². The number of halogens is 1. The van der Waals surface area contributed by atoms with Crippen LogP contribution in [0.2, 0.25) is 0 Å². The number of para-hydroxylation sites is 1. The maximum absolute atomic E-state index is 14.2. The standard InChI is InChI=1S/C20H21FN4O4S/c1-12(2)30(27,28)24-17-10-16(14-8-9-18(26)25(4)11-14)22-20(23-17)29-19-13(3)6-5-7-15(19)21/h5-12H,1-4H3,(H,22,23,24). The Kier molecular flexibility index (Phi) is 5.88. The lowest BCUT2D eigenvalue weighted by Gasteiger charge is -2.14. The van der Waals surface area contributed by atoms with Crippen LogP contribution in [0, 0.1) is 12.7 Å².